The van der Waals surface area contributed by atoms with Crippen molar-refractivity contribution in [3.8, 4) is 11.5 Å². The fraction of sp³-hybridized carbons (Fsp3) is 0.231. The van der Waals surface area contributed by atoms with Crippen molar-refractivity contribution in [1.82, 2.24) is 4.98 Å². The molecule has 1 N–H and O–H groups in total. The number of benzene rings is 3. The van der Waals surface area contributed by atoms with E-state index in [2.05, 4.69) is 37.1 Å². The summed E-state index contributed by atoms with van der Waals surface area (Å²) in [6.07, 6.45) is 0. The smallest absolute Gasteiger partial charge is 0.255 e. The van der Waals surface area contributed by atoms with E-state index in [-0.39, 0.29) is 11.3 Å². The van der Waals surface area contributed by atoms with Gasteiger partial charge in [0.25, 0.3) is 5.91 Å². The number of aryl methyl sites for hydroxylation is 2. The molecule has 5 heteroatoms. The first-order valence-corrected chi connectivity index (χ1v) is 10.6. The Balaban J connectivity index is 1.62. The first-order valence-electron chi connectivity index (χ1n) is 10.2. The molecule has 31 heavy (non-hydrogen) atoms. The van der Waals surface area contributed by atoms with E-state index < -0.39 is 0 Å². The molecule has 0 fully saturated rings. The van der Waals surface area contributed by atoms with Gasteiger partial charge in [0.15, 0.2) is 5.58 Å². The monoisotopic (exact) mass is 432 g/mol. The van der Waals surface area contributed by atoms with Crippen LogP contribution in [0.25, 0.3) is 22.6 Å². The van der Waals surface area contributed by atoms with Crippen LogP contribution in [0, 0.1) is 13.8 Å². The van der Waals surface area contributed by atoms with Gasteiger partial charge >= 0.3 is 0 Å². The molecule has 0 aliphatic heterocycles. The van der Waals surface area contributed by atoms with E-state index in [1.807, 2.05) is 44.2 Å². The average molecular weight is 433 g/mol. The molecule has 158 valence electrons. The van der Waals surface area contributed by atoms with Crippen molar-refractivity contribution >= 4 is 34.3 Å². The topological polar surface area (TPSA) is 55.1 Å². The van der Waals surface area contributed by atoms with Gasteiger partial charge in [-0.2, -0.15) is 0 Å². The van der Waals surface area contributed by atoms with Crippen LogP contribution in [0.4, 0.5) is 5.69 Å². The lowest BCUT2D eigenvalue weighted by atomic mass is 9.87. The number of hydrogen-bond acceptors (Lipinski definition) is 3. The van der Waals surface area contributed by atoms with Crippen molar-refractivity contribution in [1.29, 1.82) is 0 Å². The van der Waals surface area contributed by atoms with Crippen LogP contribution >= 0.6 is 11.6 Å². The summed E-state index contributed by atoms with van der Waals surface area (Å²) < 4.78 is 6.00. The zero-order valence-corrected chi connectivity index (χ0v) is 19.1. The van der Waals surface area contributed by atoms with E-state index in [4.69, 9.17) is 16.0 Å². The van der Waals surface area contributed by atoms with Gasteiger partial charge in [-0.1, -0.05) is 50.6 Å². The maximum atomic E-state index is 12.7. The highest BCUT2D eigenvalue weighted by molar-refractivity contribution is 6.33. The number of anilines is 1. The van der Waals surface area contributed by atoms with Gasteiger partial charge < -0.3 is 9.73 Å². The highest BCUT2D eigenvalue weighted by Crippen LogP contribution is 2.33. The average Bonchev–Trinajstić information content (AvgIpc) is 3.13. The minimum Gasteiger partial charge on any atom is -0.436 e. The van der Waals surface area contributed by atoms with E-state index in [0.717, 1.165) is 22.2 Å². The number of amides is 1. The molecule has 0 saturated carbocycles. The number of halogens is 1. The molecule has 3 aromatic carbocycles. The zero-order chi connectivity index (χ0) is 22.3. The molecule has 1 heterocycles. The van der Waals surface area contributed by atoms with E-state index in [1.165, 1.54) is 5.56 Å². The minimum absolute atomic E-state index is 0.0383. The summed E-state index contributed by atoms with van der Waals surface area (Å²) in [7, 11) is 0. The quantitative estimate of drug-likeness (QED) is 0.369. The number of hydrogen-bond donors (Lipinski definition) is 1. The highest BCUT2D eigenvalue weighted by atomic mass is 35.5. The Bertz CT molecular complexity index is 1280. The van der Waals surface area contributed by atoms with Gasteiger partial charge in [-0.3, -0.25) is 4.79 Å². The third-order valence-corrected chi connectivity index (χ3v) is 5.62. The lowest BCUT2D eigenvalue weighted by molar-refractivity contribution is 0.102. The SMILES string of the molecule is Cc1cc(C)c2oc(-c3cc(NC(=O)c4ccc(C(C)(C)C)cc4)ccc3Cl)nc2c1. The molecule has 0 spiro atoms. The van der Waals surface area contributed by atoms with Gasteiger partial charge in [-0.25, -0.2) is 4.98 Å². The largest absolute Gasteiger partial charge is 0.436 e. The second kappa shape index (κ2) is 7.86. The molecule has 4 aromatic rings. The number of oxazole rings is 1. The molecule has 0 aliphatic carbocycles. The molecule has 1 aromatic heterocycles. The Kier molecular flexibility index (Phi) is 5.36. The third-order valence-electron chi connectivity index (χ3n) is 5.29. The van der Waals surface area contributed by atoms with Gasteiger partial charge in [0.2, 0.25) is 5.89 Å². The molecule has 0 aliphatic rings. The Labute approximate surface area is 187 Å². The van der Waals surface area contributed by atoms with Gasteiger partial charge in [0.1, 0.15) is 5.52 Å². The lowest BCUT2D eigenvalue weighted by Crippen LogP contribution is -2.14. The summed E-state index contributed by atoms with van der Waals surface area (Å²) in [5.41, 5.74) is 6.74. The van der Waals surface area contributed by atoms with Crippen molar-refractivity contribution < 1.29 is 9.21 Å². The minimum atomic E-state index is -0.183. The van der Waals surface area contributed by atoms with Crippen LogP contribution < -0.4 is 5.32 Å². The summed E-state index contributed by atoms with van der Waals surface area (Å²) in [6, 6.07) is 17.0. The van der Waals surface area contributed by atoms with Crippen LogP contribution in [-0.2, 0) is 5.41 Å². The number of nitrogens with one attached hydrogen (secondary N) is 1. The molecular weight excluding hydrogens is 408 g/mol. The first-order chi connectivity index (χ1) is 14.6. The van der Waals surface area contributed by atoms with Crippen LogP contribution in [0.1, 0.15) is 47.8 Å². The lowest BCUT2D eigenvalue weighted by Gasteiger charge is -2.19. The molecule has 0 saturated heterocycles. The second-order valence-corrected chi connectivity index (χ2v) is 9.33. The van der Waals surface area contributed by atoms with E-state index in [1.54, 1.807) is 18.2 Å². The van der Waals surface area contributed by atoms with Crippen molar-refractivity contribution in [3.63, 3.8) is 0 Å². The molecule has 4 rings (SSSR count). The van der Waals surface area contributed by atoms with Gasteiger partial charge in [-0.15, -0.1) is 0 Å². The zero-order valence-electron chi connectivity index (χ0n) is 18.3. The fourth-order valence-corrected chi connectivity index (χ4v) is 3.78. The molecule has 0 bridgehead atoms. The van der Waals surface area contributed by atoms with Gasteiger partial charge in [-0.05, 0) is 72.4 Å². The van der Waals surface area contributed by atoms with Crippen molar-refractivity contribution in [3.05, 3.63) is 81.9 Å². The number of carbonyl (C=O) groups excluding carboxylic acids is 1. The number of fused-ring (bicyclic) bond motifs is 1. The summed E-state index contributed by atoms with van der Waals surface area (Å²) >= 11 is 6.43. The maximum Gasteiger partial charge on any atom is 0.255 e. The number of rotatable bonds is 3. The van der Waals surface area contributed by atoms with Crippen molar-refractivity contribution in [2.24, 2.45) is 0 Å². The summed E-state index contributed by atoms with van der Waals surface area (Å²) in [5.74, 6) is 0.247. The summed E-state index contributed by atoms with van der Waals surface area (Å²) in [4.78, 5) is 17.4. The maximum absolute atomic E-state index is 12.7. The van der Waals surface area contributed by atoms with Crippen LogP contribution in [0.2, 0.25) is 5.02 Å². The second-order valence-electron chi connectivity index (χ2n) is 8.93. The Morgan fingerprint density at radius 3 is 2.39 bits per heavy atom. The van der Waals surface area contributed by atoms with Gasteiger partial charge in [0.05, 0.1) is 10.6 Å². The number of carbonyl (C=O) groups is 1. The van der Waals surface area contributed by atoms with Crippen LogP contribution in [0.5, 0.6) is 0 Å². The van der Waals surface area contributed by atoms with E-state index >= 15 is 0 Å². The van der Waals surface area contributed by atoms with Crippen LogP contribution in [0.15, 0.2) is 59.0 Å². The molecule has 0 unspecified atom stereocenters. The predicted molar refractivity (Wildman–Crippen MR) is 127 cm³/mol. The molecular formula is C26H25ClN2O2. The molecule has 0 radical (unpaired) electrons. The summed E-state index contributed by atoms with van der Waals surface area (Å²) in [5, 5.41) is 3.45. The Morgan fingerprint density at radius 2 is 1.71 bits per heavy atom. The number of aromatic nitrogens is 1. The highest BCUT2D eigenvalue weighted by Gasteiger charge is 2.17. The molecule has 0 atom stereocenters. The van der Waals surface area contributed by atoms with E-state index in [9.17, 15) is 4.79 Å². The van der Waals surface area contributed by atoms with E-state index in [0.29, 0.717) is 27.7 Å². The normalized spacial score (nSPS) is 11.7. The Hall–Kier alpha value is -3.11. The predicted octanol–water partition coefficient (Wildman–Crippen LogP) is 7.31. The fourth-order valence-electron chi connectivity index (χ4n) is 3.58. The van der Waals surface area contributed by atoms with Gasteiger partial charge in [0, 0.05) is 11.3 Å². The summed E-state index contributed by atoms with van der Waals surface area (Å²) in [6.45, 7) is 10.5. The van der Waals surface area contributed by atoms with Crippen molar-refractivity contribution in [2.45, 2.75) is 40.0 Å². The standard InChI is InChI=1S/C26H25ClN2O2/c1-15-12-16(2)23-22(13-15)29-25(31-23)20-14-19(10-11-21(20)27)28-24(30)17-6-8-18(9-7-17)26(3,4)5/h6-14H,1-5H3,(H,28,30). The number of nitrogens with zero attached hydrogens (tertiary/aromatic N) is 1. The van der Waals surface area contributed by atoms with Crippen LogP contribution in [0.3, 0.4) is 0 Å². The van der Waals surface area contributed by atoms with Crippen LogP contribution in [-0.4, -0.2) is 10.9 Å². The first kappa shape index (κ1) is 21.1. The Morgan fingerprint density at radius 1 is 1.00 bits per heavy atom. The third kappa shape index (κ3) is 4.35. The van der Waals surface area contributed by atoms with Crippen molar-refractivity contribution in [2.75, 3.05) is 5.32 Å². The molecule has 4 nitrogen and oxygen atoms in total. The molecule has 1 amide bonds.